The first-order valence-corrected chi connectivity index (χ1v) is 9.15. The molecule has 0 bridgehead atoms. The SMILES string of the molecule is COc1ccc(-n2cc(C(=O)O)c3c2C(c2ccc(C(=O)O)cc2)CC(=O)N3)cc1. The van der Waals surface area contributed by atoms with E-state index >= 15 is 0 Å². The predicted octanol–water partition coefficient (Wildman–Crippen LogP) is 3.36. The normalized spacial score (nSPS) is 15.2. The lowest BCUT2D eigenvalue weighted by atomic mass is 9.87. The van der Waals surface area contributed by atoms with Gasteiger partial charge in [0.05, 0.1) is 24.1 Å². The monoisotopic (exact) mass is 406 g/mol. The Balaban J connectivity index is 1.89. The Bertz CT molecular complexity index is 1150. The number of carbonyl (C=O) groups is 3. The Labute approximate surface area is 171 Å². The summed E-state index contributed by atoms with van der Waals surface area (Å²) >= 11 is 0. The molecule has 152 valence electrons. The Hall–Kier alpha value is -4.07. The summed E-state index contributed by atoms with van der Waals surface area (Å²) in [7, 11) is 1.56. The number of hydrogen-bond acceptors (Lipinski definition) is 4. The van der Waals surface area contributed by atoms with Crippen molar-refractivity contribution in [1.82, 2.24) is 4.57 Å². The van der Waals surface area contributed by atoms with Crippen LogP contribution < -0.4 is 10.1 Å². The number of carboxylic acid groups (broad SMARTS) is 2. The van der Waals surface area contributed by atoms with Gasteiger partial charge in [0.2, 0.25) is 5.91 Å². The van der Waals surface area contributed by atoms with Crippen molar-refractivity contribution in [1.29, 1.82) is 0 Å². The van der Waals surface area contributed by atoms with Crippen LogP contribution in [-0.4, -0.2) is 39.7 Å². The molecule has 0 saturated heterocycles. The lowest BCUT2D eigenvalue weighted by Gasteiger charge is -2.26. The van der Waals surface area contributed by atoms with Gasteiger partial charge in [0, 0.05) is 24.2 Å². The zero-order valence-corrected chi connectivity index (χ0v) is 16.0. The molecule has 4 rings (SSSR count). The van der Waals surface area contributed by atoms with Crippen LogP contribution in [0.3, 0.4) is 0 Å². The maximum Gasteiger partial charge on any atom is 0.339 e. The molecule has 1 aliphatic heterocycles. The number of fused-ring (bicyclic) bond motifs is 1. The van der Waals surface area contributed by atoms with Crippen molar-refractivity contribution in [2.24, 2.45) is 0 Å². The summed E-state index contributed by atoms with van der Waals surface area (Å²) in [5.74, 6) is -2.27. The van der Waals surface area contributed by atoms with E-state index in [4.69, 9.17) is 9.84 Å². The van der Waals surface area contributed by atoms with Gasteiger partial charge in [0.1, 0.15) is 11.3 Å². The second-order valence-corrected chi connectivity index (χ2v) is 6.91. The van der Waals surface area contributed by atoms with E-state index in [9.17, 15) is 19.5 Å². The molecule has 1 atom stereocenters. The summed E-state index contributed by atoms with van der Waals surface area (Å²) in [6.07, 6.45) is 1.59. The van der Waals surface area contributed by atoms with Crippen LogP contribution in [0, 0.1) is 0 Å². The van der Waals surface area contributed by atoms with E-state index in [2.05, 4.69) is 5.32 Å². The number of carboxylic acids is 2. The number of anilines is 1. The highest BCUT2D eigenvalue weighted by atomic mass is 16.5. The fraction of sp³-hybridized carbons (Fsp3) is 0.136. The molecule has 0 aliphatic carbocycles. The zero-order chi connectivity index (χ0) is 21.4. The smallest absolute Gasteiger partial charge is 0.339 e. The Kier molecular flexibility index (Phi) is 4.75. The minimum absolute atomic E-state index is 0.0129. The van der Waals surface area contributed by atoms with Gasteiger partial charge in [0.15, 0.2) is 0 Å². The molecule has 1 amide bonds. The summed E-state index contributed by atoms with van der Waals surface area (Å²) in [4.78, 5) is 35.4. The minimum atomic E-state index is -1.15. The molecular weight excluding hydrogens is 388 g/mol. The highest BCUT2D eigenvalue weighted by Crippen LogP contribution is 2.41. The number of nitrogens with zero attached hydrogens (tertiary/aromatic N) is 1. The maximum atomic E-state index is 12.4. The Morgan fingerprint density at radius 2 is 1.70 bits per heavy atom. The zero-order valence-electron chi connectivity index (χ0n) is 16.0. The van der Waals surface area contributed by atoms with E-state index in [0.29, 0.717) is 17.1 Å². The summed E-state index contributed by atoms with van der Waals surface area (Å²) in [6.45, 7) is 0. The molecule has 3 N–H and O–H groups in total. The number of ether oxygens (including phenoxy) is 1. The lowest BCUT2D eigenvalue weighted by Crippen LogP contribution is -2.25. The van der Waals surface area contributed by atoms with Crippen LogP contribution in [0.25, 0.3) is 5.69 Å². The van der Waals surface area contributed by atoms with Gasteiger partial charge in [0.25, 0.3) is 0 Å². The van der Waals surface area contributed by atoms with Crippen LogP contribution in [0.2, 0.25) is 0 Å². The van der Waals surface area contributed by atoms with Gasteiger partial charge in [-0.3, -0.25) is 4.79 Å². The van der Waals surface area contributed by atoms with Gasteiger partial charge in [-0.1, -0.05) is 12.1 Å². The van der Waals surface area contributed by atoms with E-state index in [1.54, 1.807) is 48.1 Å². The van der Waals surface area contributed by atoms with Gasteiger partial charge in [-0.2, -0.15) is 0 Å². The first kappa shape index (κ1) is 19.3. The average molecular weight is 406 g/mol. The molecule has 30 heavy (non-hydrogen) atoms. The number of aromatic nitrogens is 1. The highest BCUT2D eigenvalue weighted by molar-refractivity contribution is 6.04. The van der Waals surface area contributed by atoms with Crippen LogP contribution in [0.5, 0.6) is 5.75 Å². The quantitative estimate of drug-likeness (QED) is 0.598. The van der Waals surface area contributed by atoms with Crippen LogP contribution in [0.15, 0.2) is 54.7 Å². The van der Waals surface area contributed by atoms with Crippen LogP contribution in [0.4, 0.5) is 5.69 Å². The third kappa shape index (κ3) is 3.28. The molecule has 8 nitrogen and oxygen atoms in total. The molecule has 1 unspecified atom stereocenters. The van der Waals surface area contributed by atoms with Crippen LogP contribution >= 0.6 is 0 Å². The molecule has 2 aromatic carbocycles. The molecule has 8 heteroatoms. The van der Waals surface area contributed by atoms with Crippen molar-refractivity contribution < 1.29 is 29.3 Å². The maximum absolute atomic E-state index is 12.4. The van der Waals surface area contributed by atoms with Crippen molar-refractivity contribution in [3.05, 3.63) is 77.1 Å². The van der Waals surface area contributed by atoms with Crippen LogP contribution in [0.1, 0.15) is 44.3 Å². The van der Waals surface area contributed by atoms with Gasteiger partial charge < -0.3 is 24.8 Å². The molecule has 0 radical (unpaired) electrons. The molecule has 0 fully saturated rings. The minimum Gasteiger partial charge on any atom is -0.497 e. The lowest BCUT2D eigenvalue weighted by molar-refractivity contribution is -0.116. The second-order valence-electron chi connectivity index (χ2n) is 6.91. The number of benzene rings is 2. The fourth-order valence-electron chi connectivity index (χ4n) is 3.72. The van der Waals surface area contributed by atoms with Gasteiger partial charge >= 0.3 is 11.9 Å². The third-order valence-corrected chi connectivity index (χ3v) is 5.17. The number of aromatic carboxylic acids is 2. The number of nitrogens with one attached hydrogen (secondary N) is 1. The number of hydrogen-bond donors (Lipinski definition) is 3. The van der Waals surface area contributed by atoms with Gasteiger partial charge in [-0.25, -0.2) is 9.59 Å². The fourth-order valence-corrected chi connectivity index (χ4v) is 3.72. The molecular formula is C22H18N2O6. The van der Waals surface area contributed by atoms with Crippen molar-refractivity contribution in [3.63, 3.8) is 0 Å². The second kappa shape index (κ2) is 7.40. The van der Waals surface area contributed by atoms with Crippen molar-refractivity contribution in [2.45, 2.75) is 12.3 Å². The number of methoxy groups -OCH3 is 1. The molecule has 1 aromatic heterocycles. The largest absolute Gasteiger partial charge is 0.497 e. The van der Waals surface area contributed by atoms with Gasteiger partial charge in [-0.05, 0) is 42.0 Å². The average Bonchev–Trinajstić information content (AvgIpc) is 3.13. The van der Waals surface area contributed by atoms with Crippen molar-refractivity contribution in [3.8, 4) is 11.4 Å². The summed E-state index contributed by atoms with van der Waals surface area (Å²) in [5.41, 5.74) is 2.43. The molecule has 1 aliphatic rings. The van der Waals surface area contributed by atoms with Crippen molar-refractivity contribution >= 4 is 23.5 Å². The number of amides is 1. The van der Waals surface area contributed by atoms with E-state index in [1.807, 2.05) is 0 Å². The Morgan fingerprint density at radius 1 is 1.03 bits per heavy atom. The molecule has 0 saturated carbocycles. The number of carbonyl (C=O) groups excluding carboxylic acids is 1. The van der Waals surface area contributed by atoms with Gasteiger partial charge in [-0.15, -0.1) is 0 Å². The number of rotatable bonds is 5. The predicted molar refractivity (Wildman–Crippen MR) is 108 cm³/mol. The molecule has 0 spiro atoms. The molecule has 3 aromatic rings. The molecule has 2 heterocycles. The first-order chi connectivity index (χ1) is 14.4. The summed E-state index contributed by atoms with van der Waals surface area (Å²) in [5, 5.41) is 21.5. The van der Waals surface area contributed by atoms with Crippen molar-refractivity contribution in [2.75, 3.05) is 12.4 Å². The van der Waals surface area contributed by atoms with E-state index in [-0.39, 0.29) is 29.1 Å². The third-order valence-electron chi connectivity index (χ3n) is 5.17. The topological polar surface area (TPSA) is 118 Å². The van der Waals surface area contributed by atoms with E-state index in [0.717, 1.165) is 5.56 Å². The Morgan fingerprint density at radius 3 is 2.27 bits per heavy atom. The highest BCUT2D eigenvalue weighted by Gasteiger charge is 2.34. The van der Waals surface area contributed by atoms with Crippen LogP contribution in [-0.2, 0) is 4.79 Å². The van der Waals surface area contributed by atoms with E-state index < -0.39 is 17.9 Å². The summed E-state index contributed by atoms with van der Waals surface area (Å²) in [6, 6.07) is 13.4. The summed E-state index contributed by atoms with van der Waals surface area (Å²) < 4.78 is 6.93. The standard InChI is InChI=1S/C22H18N2O6/c1-30-15-8-6-14(7-9-15)24-11-17(22(28)29)19-20(24)16(10-18(25)23-19)12-2-4-13(5-3-12)21(26)27/h2-9,11,16H,10H2,1H3,(H,23,25)(H,26,27)(H,28,29). The first-order valence-electron chi connectivity index (χ1n) is 9.15. The van der Waals surface area contributed by atoms with E-state index in [1.165, 1.54) is 18.3 Å².